The summed E-state index contributed by atoms with van der Waals surface area (Å²) in [5, 5.41) is 15.6. The second-order valence-corrected chi connectivity index (χ2v) is 1.71. The van der Waals surface area contributed by atoms with Crippen LogP contribution in [-0.4, -0.2) is 22.2 Å². The molecule has 0 atom stereocenters. The number of carboxylic acids is 2. The molecule has 0 unspecified atom stereocenters. The van der Waals surface area contributed by atoms with Crippen molar-refractivity contribution in [1.29, 1.82) is 0 Å². The van der Waals surface area contributed by atoms with E-state index in [-0.39, 0.29) is 0 Å². The van der Waals surface area contributed by atoms with Gasteiger partial charge in [-0.15, -0.1) is 6.58 Å². The summed E-state index contributed by atoms with van der Waals surface area (Å²) in [5.41, 5.74) is 0. The molecule has 0 saturated carbocycles. The van der Waals surface area contributed by atoms with Crippen LogP contribution in [0.4, 0.5) is 0 Å². The van der Waals surface area contributed by atoms with E-state index < -0.39 is 11.9 Å². The highest BCUT2D eigenvalue weighted by atomic mass is 16.4. The maximum Gasteiger partial charge on any atom is 0.328 e. The lowest BCUT2D eigenvalue weighted by Crippen LogP contribution is -1.91. The first-order chi connectivity index (χ1) is 5.54. The monoisotopic (exact) mass is 172 g/mol. The molecular formula is C8H12O4. The third-order valence-corrected chi connectivity index (χ3v) is 0.657. The molecule has 2 N–H and O–H groups in total. The van der Waals surface area contributed by atoms with Crippen LogP contribution in [0.25, 0.3) is 0 Å². The third-order valence-electron chi connectivity index (χ3n) is 0.657. The SMILES string of the molecule is C=CCC.O=C(O)/C=C\C(=O)O. The van der Waals surface area contributed by atoms with Gasteiger partial charge in [0.1, 0.15) is 0 Å². The third kappa shape index (κ3) is 23.7. The average Bonchev–Trinajstić information content (AvgIpc) is 2.01. The number of hydrogen-bond donors (Lipinski definition) is 2. The lowest BCUT2D eigenvalue weighted by Gasteiger charge is -1.74. The molecule has 0 aromatic heterocycles. The number of rotatable bonds is 3. The van der Waals surface area contributed by atoms with E-state index in [1.54, 1.807) is 0 Å². The van der Waals surface area contributed by atoms with Crippen LogP contribution in [0, 0.1) is 0 Å². The van der Waals surface area contributed by atoms with Gasteiger partial charge in [-0.2, -0.15) is 0 Å². The average molecular weight is 172 g/mol. The summed E-state index contributed by atoms with van der Waals surface area (Å²) in [5.74, 6) is -2.51. The van der Waals surface area contributed by atoms with Crippen LogP contribution in [0.3, 0.4) is 0 Å². The smallest absolute Gasteiger partial charge is 0.328 e. The summed E-state index contributed by atoms with van der Waals surface area (Å²) >= 11 is 0. The molecule has 0 aliphatic carbocycles. The van der Waals surface area contributed by atoms with E-state index in [0.29, 0.717) is 12.2 Å². The zero-order valence-electron chi connectivity index (χ0n) is 6.86. The molecule has 0 aromatic carbocycles. The fourth-order valence-electron chi connectivity index (χ4n) is 0.143. The van der Waals surface area contributed by atoms with Crippen LogP contribution in [-0.2, 0) is 9.59 Å². The molecule has 0 fully saturated rings. The van der Waals surface area contributed by atoms with Gasteiger partial charge in [-0.1, -0.05) is 13.0 Å². The van der Waals surface area contributed by atoms with E-state index >= 15 is 0 Å². The van der Waals surface area contributed by atoms with Crippen LogP contribution in [0.1, 0.15) is 13.3 Å². The van der Waals surface area contributed by atoms with E-state index in [0.717, 1.165) is 6.42 Å². The highest BCUT2D eigenvalue weighted by molar-refractivity contribution is 5.89. The summed E-state index contributed by atoms with van der Waals surface area (Å²) in [6.07, 6.45) is 4.07. The second kappa shape index (κ2) is 9.42. The van der Waals surface area contributed by atoms with E-state index in [2.05, 4.69) is 13.5 Å². The number of carboxylic acid groups (broad SMARTS) is 2. The molecule has 0 spiro atoms. The first-order valence-corrected chi connectivity index (χ1v) is 3.29. The predicted molar refractivity (Wildman–Crippen MR) is 44.9 cm³/mol. The molecule has 0 aliphatic rings. The molecule has 68 valence electrons. The lowest BCUT2D eigenvalue weighted by atomic mass is 10.5. The van der Waals surface area contributed by atoms with Crippen molar-refractivity contribution in [2.24, 2.45) is 0 Å². The summed E-state index contributed by atoms with van der Waals surface area (Å²) < 4.78 is 0. The van der Waals surface area contributed by atoms with Gasteiger partial charge in [0.05, 0.1) is 0 Å². The Hall–Kier alpha value is -1.58. The van der Waals surface area contributed by atoms with Crippen LogP contribution in [0.2, 0.25) is 0 Å². The van der Waals surface area contributed by atoms with Crippen molar-refractivity contribution in [1.82, 2.24) is 0 Å². The first kappa shape index (κ1) is 13.0. The molecule has 0 rings (SSSR count). The van der Waals surface area contributed by atoms with Crippen LogP contribution < -0.4 is 0 Å². The largest absolute Gasteiger partial charge is 0.478 e. The zero-order chi connectivity index (χ0) is 9.98. The van der Waals surface area contributed by atoms with Gasteiger partial charge >= 0.3 is 11.9 Å². The highest BCUT2D eigenvalue weighted by Crippen LogP contribution is 1.70. The van der Waals surface area contributed by atoms with Crippen molar-refractivity contribution in [3.05, 3.63) is 24.8 Å². The van der Waals surface area contributed by atoms with E-state index in [9.17, 15) is 9.59 Å². The minimum Gasteiger partial charge on any atom is -0.478 e. The molecule has 4 heteroatoms. The van der Waals surface area contributed by atoms with Gasteiger partial charge in [-0.05, 0) is 6.42 Å². The van der Waals surface area contributed by atoms with Crippen molar-refractivity contribution in [2.75, 3.05) is 0 Å². The van der Waals surface area contributed by atoms with Gasteiger partial charge in [-0.3, -0.25) is 0 Å². The Morgan fingerprint density at radius 1 is 1.25 bits per heavy atom. The molecule has 12 heavy (non-hydrogen) atoms. The van der Waals surface area contributed by atoms with Gasteiger partial charge < -0.3 is 10.2 Å². The fourth-order valence-corrected chi connectivity index (χ4v) is 0.143. The molecule has 0 aromatic rings. The molecule has 0 saturated heterocycles. The van der Waals surface area contributed by atoms with Crippen molar-refractivity contribution < 1.29 is 19.8 Å². The van der Waals surface area contributed by atoms with Gasteiger partial charge in [0.2, 0.25) is 0 Å². The topological polar surface area (TPSA) is 74.6 Å². The maximum atomic E-state index is 9.55. The number of carbonyl (C=O) groups is 2. The Morgan fingerprint density at radius 2 is 1.50 bits per heavy atom. The molecule has 0 radical (unpaired) electrons. The van der Waals surface area contributed by atoms with Crippen LogP contribution >= 0.6 is 0 Å². The molecule has 0 bridgehead atoms. The summed E-state index contributed by atoms with van der Waals surface area (Å²) in [6.45, 7) is 5.54. The molecule has 0 amide bonds. The Morgan fingerprint density at radius 3 is 1.58 bits per heavy atom. The number of hydrogen-bond acceptors (Lipinski definition) is 2. The molecular weight excluding hydrogens is 160 g/mol. The van der Waals surface area contributed by atoms with E-state index in [1.165, 1.54) is 0 Å². The van der Waals surface area contributed by atoms with E-state index in [1.807, 2.05) is 6.08 Å². The van der Waals surface area contributed by atoms with Crippen molar-refractivity contribution in [3.8, 4) is 0 Å². The van der Waals surface area contributed by atoms with Crippen LogP contribution in [0.15, 0.2) is 24.8 Å². The standard InChI is InChI=1S/C4H4O4.C4H8/c5-3(6)1-2-4(7)8;1-3-4-2/h1-2H,(H,5,6)(H,7,8);3H,1,4H2,2H3/b2-1-;. The summed E-state index contributed by atoms with van der Waals surface area (Å²) in [4.78, 5) is 19.1. The molecule has 0 aliphatic heterocycles. The normalized spacial score (nSPS) is 8.42. The first-order valence-electron chi connectivity index (χ1n) is 3.29. The summed E-state index contributed by atoms with van der Waals surface area (Å²) in [7, 11) is 0. The number of allylic oxidation sites excluding steroid dienone is 1. The van der Waals surface area contributed by atoms with Gasteiger partial charge in [0.25, 0.3) is 0 Å². The Balaban J connectivity index is 0. The van der Waals surface area contributed by atoms with Crippen LogP contribution in [0.5, 0.6) is 0 Å². The lowest BCUT2D eigenvalue weighted by molar-refractivity contribution is -0.134. The van der Waals surface area contributed by atoms with Crippen molar-refractivity contribution in [2.45, 2.75) is 13.3 Å². The predicted octanol–water partition coefficient (Wildman–Crippen LogP) is 1.29. The fraction of sp³-hybridized carbons (Fsp3) is 0.250. The number of aliphatic carboxylic acids is 2. The highest BCUT2D eigenvalue weighted by Gasteiger charge is 1.88. The minimum atomic E-state index is -1.26. The Kier molecular flexibility index (Phi) is 10.2. The van der Waals surface area contributed by atoms with Crippen molar-refractivity contribution >= 4 is 11.9 Å². The van der Waals surface area contributed by atoms with E-state index in [4.69, 9.17) is 10.2 Å². The Bertz CT molecular complexity index is 165. The molecule has 0 heterocycles. The quantitative estimate of drug-likeness (QED) is 0.497. The van der Waals surface area contributed by atoms with Gasteiger partial charge in [-0.25, -0.2) is 9.59 Å². The van der Waals surface area contributed by atoms with Gasteiger partial charge in [0, 0.05) is 12.2 Å². The second-order valence-electron chi connectivity index (χ2n) is 1.71. The Labute approximate surface area is 70.8 Å². The minimum absolute atomic E-state index is 0.558. The summed E-state index contributed by atoms with van der Waals surface area (Å²) in [6, 6.07) is 0. The van der Waals surface area contributed by atoms with Crippen molar-refractivity contribution in [3.63, 3.8) is 0 Å². The zero-order valence-corrected chi connectivity index (χ0v) is 6.86. The molecule has 4 nitrogen and oxygen atoms in total. The van der Waals surface area contributed by atoms with Gasteiger partial charge in [0.15, 0.2) is 0 Å². The maximum absolute atomic E-state index is 9.55.